The molecule has 2 aromatic rings. The average Bonchev–Trinajstić information content (AvgIpc) is 2.99. The zero-order valence-corrected chi connectivity index (χ0v) is 13.1. The molecule has 1 aliphatic rings. The highest BCUT2D eigenvalue weighted by molar-refractivity contribution is 7.10. The van der Waals surface area contributed by atoms with Crippen molar-refractivity contribution < 1.29 is 0 Å². The van der Waals surface area contributed by atoms with E-state index in [9.17, 15) is 0 Å². The molecule has 108 valence electrons. The fourth-order valence-electron chi connectivity index (χ4n) is 2.57. The van der Waals surface area contributed by atoms with E-state index in [1.807, 2.05) is 24.3 Å². The zero-order valence-electron chi connectivity index (χ0n) is 12.3. The van der Waals surface area contributed by atoms with Crippen LogP contribution >= 0.6 is 11.3 Å². The van der Waals surface area contributed by atoms with Crippen LogP contribution in [0.1, 0.15) is 16.6 Å². The third-order valence-corrected chi connectivity index (χ3v) is 4.91. The molecule has 4 nitrogen and oxygen atoms in total. The number of thiazole rings is 1. The first-order valence-electron chi connectivity index (χ1n) is 7.02. The van der Waals surface area contributed by atoms with Crippen molar-refractivity contribution in [2.45, 2.75) is 6.04 Å². The third kappa shape index (κ3) is 2.98. The highest BCUT2D eigenvalue weighted by Crippen LogP contribution is 2.30. The van der Waals surface area contributed by atoms with Gasteiger partial charge in [-0.3, -0.25) is 4.90 Å². The van der Waals surface area contributed by atoms with Crippen molar-refractivity contribution in [3.8, 4) is 17.3 Å². The smallest absolute Gasteiger partial charge is 0.112 e. The van der Waals surface area contributed by atoms with Gasteiger partial charge < -0.3 is 4.90 Å². The predicted octanol–water partition coefficient (Wildman–Crippen LogP) is 2.60. The van der Waals surface area contributed by atoms with Crippen LogP contribution in [-0.2, 0) is 0 Å². The molecule has 0 bridgehead atoms. The van der Waals surface area contributed by atoms with Crippen LogP contribution in [0.3, 0.4) is 0 Å². The lowest BCUT2D eigenvalue weighted by Gasteiger charge is -2.36. The minimum atomic E-state index is 0.376. The Morgan fingerprint density at radius 2 is 2.00 bits per heavy atom. The third-order valence-electron chi connectivity index (χ3n) is 3.97. The van der Waals surface area contributed by atoms with Crippen molar-refractivity contribution in [2.75, 3.05) is 33.7 Å². The second kappa shape index (κ2) is 5.94. The van der Waals surface area contributed by atoms with E-state index in [0.29, 0.717) is 11.6 Å². The summed E-state index contributed by atoms with van der Waals surface area (Å²) in [6.45, 7) is 3.21. The molecule has 1 saturated heterocycles. The quantitative estimate of drug-likeness (QED) is 0.855. The summed E-state index contributed by atoms with van der Waals surface area (Å²) in [5.41, 5.74) is 2.76. The normalized spacial score (nSPS) is 20.3. The lowest BCUT2D eigenvalue weighted by Crippen LogP contribution is -2.44. The Morgan fingerprint density at radius 3 is 2.71 bits per heavy atom. The van der Waals surface area contributed by atoms with Crippen molar-refractivity contribution in [1.82, 2.24) is 14.8 Å². The van der Waals surface area contributed by atoms with Crippen molar-refractivity contribution in [2.24, 2.45) is 0 Å². The molecule has 0 spiro atoms. The summed E-state index contributed by atoms with van der Waals surface area (Å²) in [4.78, 5) is 9.54. The van der Waals surface area contributed by atoms with Crippen LogP contribution in [0.15, 0.2) is 29.6 Å². The van der Waals surface area contributed by atoms with Crippen molar-refractivity contribution in [3.05, 3.63) is 40.2 Å². The summed E-state index contributed by atoms with van der Waals surface area (Å²) >= 11 is 1.72. The number of likely N-dealkylation sites (N-methyl/N-ethyl adjacent to an activating group) is 2. The van der Waals surface area contributed by atoms with Crippen LogP contribution in [-0.4, -0.2) is 48.5 Å². The van der Waals surface area contributed by atoms with Crippen molar-refractivity contribution >= 4 is 11.3 Å². The number of hydrogen-bond acceptors (Lipinski definition) is 5. The highest BCUT2D eigenvalue weighted by Gasteiger charge is 2.26. The number of nitrogens with zero attached hydrogens (tertiary/aromatic N) is 4. The van der Waals surface area contributed by atoms with Crippen LogP contribution in [0, 0.1) is 11.3 Å². The van der Waals surface area contributed by atoms with Gasteiger partial charge in [-0.05, 0) is 26.2 Å². The van der Waals surface area contributed by atoms with E-state index in [1.165, 1.54) is 5.01 Å². The first-order chi connectivity index (χ1) is 10.2. The van der Waals surface area contributed by atoms with Gasteiger partial charge in [0, 0.05) is 30.6 Å². The van der Waals surface area contributed by atoms with E-state index < -0.39 is 0 Å². The van der Waals surface area contributed by atoms with Gasteiger partial charge in [-0.1, -0.05) is 12.1 Å². The molecule has 0 radical (unpaired) electrons. The first-order valence-corrected chi connectivity index (χ1v) is 7.90. The molecular weight excluding hydrogens is 280 g/mol. The molecule has 1 fully saturated rings. The van der Waals surface area contributed by atoms with Gasteiger partial charge in [0.1, 0.15) is 5.01 Å². The number of aromatic nitrogens is 1. The molecule has 21 heavy (non-hydrogen) atoms. The fourth-order valence-corrected chi connectivity index (χ4v) is 3.55. The molecule has 0 N–H and O–H groups in total. The van der Waals surface area contributed by atoms with Gasteiger partial charge in [-0.25, -0.2) is 4.98 Å². The van der Waals surface area contributed by atoms with Crippen LogP contribution in [0.4, 0.5) is 0 Å². The minimum absolute atomic E-state index is 0.376. The number of hydrogen-bond donors (Lipinski definition) is 0. The van der Waals surface area contributed by atoms with E-state index in [0.717, 1.165) is 30.9 Å². The standard InChI is InChI=1S/C16H18N4S/c1-19-7-8-20(2)15(10-19)16-18-14(11-21-16)13-5-3-12(9-17)4-6-13/h3-6,11,15H,7-8,10H2,1-2H3. The van der Waals surface area contributed by atoms with E-state index >= 15 is 0 Å². The Labute approximate surface area is 129 Å². The Balaban J connectivity index is 1.83. The molecular formula is C16H18N4S. The van der Waals surface area contributed by atoms with Crippen LogP contribution < -0.4 is 0 Å². The first kappa shape index (κ1) is 14.2. The molecule has 1 unspecified atom stereocenters. The topological polar surface area (TPSA) is 43.2 Å². The second-order valence-corrected chi connectivity index (χ2v) is 6.41. The summed E-state index contributed by atoms with van der Waals surface area (Å²) in [5, 5.41) is 12.1. The van der Waals surface area contributed by atoms with Gasteiger partial charge >= 0.3 is 0 Å². The molecule has 0 saturated carbocycles. The van der Waals surface area contributed by atoms with Gasteiger partial charge in [-0.2, -0.15) is 5.26 Å². The maximum absolute atomic E-state index is 8.85. The van der Waals surface area contributed by atoms with Crippen LogP contribution in [0.25, 0.3) is 11.3 Å². The van der Waals surface area contributed by atoms with E-state index in [4.69, 9.17) is 10.2 Å². The molecule has 2 heterocycles. The molecule has 1 aromatic heterocycles. The second-order valence-electron chi connectivity index (χ2n) is 5.52. The number of piperazine rings is 1. The van der Waals surface area contributed by atoms with Gasteiger partial charge in [0.05, 0.1) is 23.4 Å². The van der Waals surface area contributed by atoms with Crippen LogP contribution in [0.2, 0.25) is 0 Å². The SMILES string of the molecule is CN1CCN(C)C(c2nc(-c3ccc(C#N)cc3)cs2)C1. The predicted molar refractivity (Wildman–Crippen MR) is 85.1 cm³/mol. The van der Waals surface area contributed by atoms with E-state index in [1.54, 1.807) is 11.3 Å². The molecule has 5 heteroatoms. The number of nitriles is 1. The van der Waals surface area contributed by atoms with Gasteiger partial charge in [-0.15, -0.1) is 11.3 Å². The Hall–Kier alpha value is -1.74. The molecule has 0 aliphatic carbocycles. The zero-order chi connectivity index (χ0) is 14.8. The average molecular weight is 298 g/mol. The number of benzene rings is 1. The Morgan fingerprint density at radius 1 is 1.24 bits per heavy atom. The lowest BCUT2D eigenvalue weighted by atomic mass is 10.1. The monoisotopic (exact) mass is 298 g/mol. The molecule has 1 aromatic carbocycles. The molecule has 1 aliphatic heterocycles. The summed E-state index contributed by atoms with van der Waals surface area (Å²) in [6.07, 6.45) is 0. The summed E-state index contributed by atoms with van der Waals surface area (Å²) < 4.78 is 0. The lowest BCUT2D eigenvalue weighted by molar-refractivity contribution is 0.115. The summed E-state index contributed by atoms with van der Waals surface area (Å²) in [5.74, 6) is 0. The van der Waals surface area contributed by atoms with E-state index in [-0.39, 0.29) is 0 Å². The summed E-state index contributed by atoms with van der Waals surface area (Å²) in [6, 6.07) is 10.1. The van der Waals surface area contributed by atoms with E-state index in [2.05, 4.69) is 35.3 Å². The van der Waals surface area contributed by atoms with Crippen molar-refractivity contribution in [3.63, 3.8) is 0 Å². The van der Waals surface area contributed by atoms with Crippen molar-refractivity contribution in [1.29, 1.82) is 5.26 Å². The summed E-state index contributed by atoms with van der Waals surface area (Å²) in [7, 11) is 4.33. The van der Waals surface area contributed by atoms with Gasteiger partial charge in [0.15, 0.2) is 0 Å². The molecule has 0 amide bonds. The Bertz CT molecular complexity index is 656. The van der Waals surface area contributed by atoms with Gasteiger partial charge in [0.2, 0.25) is 0 Å². The molecule has 3 rings (SSSR count). The Kier molecular flexibility index (Phi) is 4.02. The van der Waals surface area contributed by atoms with Gasteiger partial charge in [0.25, 0.3) is 0 Å². The largest absolute Gasteiger partial charge is 0.303 e. The maximum atomic E-state index is 8.85. The number of rotatable bonds is 2. The fraction of sp³-hybridized carbons (Fsp3) is 0.375. The maximum Gasteiger partial charge on any atom is 0.112 e. The van der Waals surface area contributed by atoms with Crippen LogP contribution in [0.5, 0.6) is 0 Å². The minimum Gasteiger partial charge on any atom is -0.303 e. The molecule has 1 atom stereocenters. The highest BCUT2D eigenvalue weighted by atomic mass is 32.1.